The molecular formula is C19H18N2O3S. The van der Waals surface area contributed by atoms with Gasteiger partial charge in [0.05, 0.1) is 5.71 Å². The highest BCUT2D eigenvalue weighted by molar-refractivity contribution is 7.99. The Morgan fingerprint density at radius 2 is 2.20 bits per heavy atom. The largest absolute Gasteiger partial charge is 0.507 e. The minimum atomic E-state index is -0.527. The van der Waals surface area contributed by atoms with Crippen LogP contribution in [0.2, 0.25) is 0 Å². The molecule has 3 aromatic rings. The van der Waals surface area contributed by atoms with Gasteiger partial charge in [0.1, 0.15) is 17.1 Å². The van der Waals surface area contributed by atoms with Crippen LogP contribution in [0.4, 0.5) is 0 Å². The number of nitrogens with one attached hydrogen (secondary N) is 1. The third kappa shape index (κ3) is 2.98. The van der Waals surface area contributed by atoms with Crippen LogP contribution in [0, 0.1) is 6.92 Å². The number of aryl methyl sites for hydroxylation is 1. The number of hydrogen-bond donors (Lipinski definition) is 2. The summed E-state index contributed by atoms with van der Waals surface area (Å²) in [7, 11) is 0. The average molecular weight is 354 g/mol. The first kappa shape index (κ1) is 16.0. The smallest absolute Gasteiger partial charge is 0.348 e. The van der Waals surface area contributed by atoms with E-state index in [2.05, 4.69) is 22.1 Å². The third-order valence-corrected chi connectivity index (χ3v) is 5.64. The lowest BCUT2D eigenvalue weighted by atomic mass is 10.0. The Morgan fingerprint density at radius 1 is 1.36 bits per heavy atom. The minimum Gasteiger partial charge on any atom is -0.507 e. The van der Waals surface area contributed by atoms with Gasteiger partial charge in [0.15, 0.2) is 0 Å². The number of aromatic amines is 1. The van der Waals surface area contributed by atoms with E-state index in [0.29, 0.717) is 24.4 Å². The first-order valence-electron chi connectivity index (χ1n) is 8.18. The quantitative estimate of drug-likeness (QED) is 0.734. The molecular weight excluding hydrogens is 336 g/mol. The van der Waals surface area contributed by atoms with Crippen molar-refractivity contribution in [2.45, 2.75) is 18.6 Å². The van der Waals surface area contributed by atoms with Crippen LogP contribution in [0.15, 0.2) is 50.7 Å². The van der Waals surface area contributed by atoms with Gasteiger partial charge in [0, 0.05) is 47.1 Å². The van der Waals surface area contributed by atoms with Crippen molar-refractivity contribution in [3.05, 3.63) is 63.8 Å². The van der Waals surface area contributed by atoms with E-state index in [-0.39, 0.29) is 16.6 Å². The van der Waals surface area contributed by atoms with E-state index < -0.39 is 5.63 Å². The van der Waals surface area contributed by atoms with Gasteiger partial charge in [-0.05, 0) is 18.6 Å². The Balaban J connectivity index is 1.75. The summed E-state index contributed by atoms with van der Waals surface area (Å²) in [5, 5.41) is 11.6. The third-order valence-electron chi connectivity index (χ3n) is 4.40. The summed E-state index contributed by atoms with van der Waals surface area (Å²) in [6.45, 7) is 2.26. The molecule has 0 saturated heterocycles. The van der Waals surface area contributed by atoms with Gasteiger partial charge in [-0.15, -0.1) is 0 Å². The number of benzene rings is 1. The van der Waals surface area contributed by atoms with Crippen molar-refractivity contribution in [3.8, 4) is 5.75 Å². The van der Waals surface area contributed by atoms with Crippen molar-refractivity contribution >= 4 is 28.4 Å². The SMILES string of the molecule is Cc1cc(O)c(C2=NCCSC(c3c[nH]c4ccccc34)C2)c(=O)o1. The predicted octanol–water partition coefficient (Wildman–Crippen LogP) is 3.80. The molecule has 1 aliphatic heterocycles. The molecule has 1 aromatic carbocycles. The number of rotatable bonds is 2. The summed E-state index contributed by atoms with van der Waals surface area (Å²) in [6.07, 6.45) is 2.61. The van der Waals surface area contributed by atoms with Crippen molar-refractivity contribution in [1.29, 1.82) is 0 Å². The normalized spacial score (nSPS) is 18.1. The van der Waals surface area contributed by atoms with Gasteiger partial charge in [-0.1, -0.05) is 18.2 Å². The van der Waals surface area contributed by atoms with Crippen molar-refractivity contribution in [1.82, 2.24) is 4.98 Å². The molecule has 0 radical (unpaired) electrons. The van der Waals surface area contributed by atoms with Crippen LogP contribution >= 0.6 is 11.8 Å². The molecule has 6 heteroatoms. The van der Waals surface area contributed by atoms with E-state index in [4.69, 9.17) is 4.42 Å². The van der Waals surface area contributed by atoms with E-state index in [0.717, 1.165) is 11.3 Å². The second-order valence-electron chi connectivity index (χ2n) is 6.09. The highest BCUT2D eigenvalue weighted by Gasteiger charge is 2.25. The van der Waals surface area contributed by atoms with Gasteiger partial charge in [-0.3, -0.25) is 4.99 Å². The fourth-order valence-corrected chi connectivity index (χ4v) is 4.41. The molecule has 25 heavy (non-hydrogen) atoms. The number of fused-ring (bicyclic) bond motifs is 1. The van der Waals surface area contributed by atoms with Crippen LogP contribution in [0.5, 0.6) is 5.75 Å². The van der Waals surface area contributed by atoms with Gasteiger partial charge in [0.2, 0.25) is 0 Å². The molecule has 0 spiro atoms. The molecule has 0 amide bonds. The second kappa shape index (κ2) is 6.44. The van der Waals surface area contributed by atoms with Gasteiger partial charge in [0.25, 0.3) is 0 Å². The molecule has 4 rings (SSSR count). The summed E-state index contributed by atoms with van der Waals surface area (Å²) < 4.78 is 5.17. The Bertz CT molecular complexity index is 1020. The maximum Gasteiger partial charge on any atom is 0.348 e. The molecule has 1 atom stereocenters. The topological polar surface area (TPSA) is 78.6 Å². The highest BCUT2D eigenvalue weighted by Crippen LogP contribution is 2.39. The molecule has 2 N–H and O–H groups in total. The van der Waals surface area contributed by atoms with E-state index in [9.17, 15) is 9.90 Å². The van der Waals surface area contributed by atoms with Crippen molar-refractivity contribution in [2.75, 3.05) is 12.3 Å². The lowest BCUT2D eigenvalue weighted by Crippen LogP contribution is -2.17. The van der Waals surface area contributed by atoms with E-state index in [1.165, 1.54) is 17.0 Å². The fraction of sp³-hybridized carbons (Fsp3) is 0.263. The number of hydrogen-bond acceptors (Lipinski definition) is 5. The highest BCUT2D eigenvalue weighted by atomic mass is 32.2. The Kier molecular flexibility index (Phi) is 4.13. The zero-order valence-corrected chi connectivity index (χ0v) is 14.6. The van der Waals surface area contributed by atoms with E-state index in [1.54, 1.807) is 6.92 Å². The summed E-state index contributed by atoms with van der Waals surface area (Å²) in [5.74, 6) is 1.20. The number of H-pyrrole nitrogens is 1. The number of aromatic hydroxyl groups is 1. The van der Waals surface area contributed by atoms with Crippen LogP contribution in [-0.2, 0) is 0 Å². The van der Waals surface area contributed by atoms with Crippen molar-refractivity contribution < 1.29 is 9.52 Å². The summed E-state index contributed by atoms with van der Waals surface area (Å²) in [5.41, 5.74) is 2.58. The van der Waals surface area contributed by atoms with E-state index in [1.807, 2.05) is 30.1 Å². The molecule has 0 aliphatic carbocycles. The van der Waals surface area contributed by atoms with Crippen molar-refractivity contribution in [3.63, 3.8) is 0 Å². The molecule has 1 unspecified atom stereocenters. The molecule has 0 bridgehead atoms. The first-order chi connectivity index (χ1) is 12.1. The van der Waals surface area contributed by atoms with Gasteiger partial charge < -0.3 is 14.5 Å². The van der Waals surface area contributed by atoms with E-state index >= 15 is 0 Å². The number of para-hydroxylation sites is 1. The summed E-state index contributed by atoms with van der Waals surface area (Å²) >= 11 is 1.82. The number of aromatic nitrogens is 1. The molecule has 1 aliphatic rings. The zero-order chi connectivity index (χ0) is 17.4. The molecule has 3 heterocycles. The zero-order valence-electron chi connectivity index (χ0n) is 13.8. The maximum atomic E-state index is 12.3. The molecule has 5 nitrogen and oxygen atoms in total. The summed E-state index contributed by atoms with van der Waals surface area (Å²) in [4.78, 5) is 20.1. The summed E-state index contributed by atoms with van der Waals surface area (Å²) in [6, 6.07) is 9.65. The molecule has 128 valence electrons. The average Bonchev–Trinajstić information content (AvgIpc) is 2.86. The Hall–Kier alpha value is -2.47. The maximum absolute atomic E-state index is 12.3. The standard InChI is InChI=1S/C19H18N2O3S/c1-11-8-16(22)18(19(23)24-11)15-9-17(25-7-6-20-15)13-10-21-14-5-3-2-4-12(13)14/h2-5,8,10,17,21-22H,6-7,9H2,1H3. The lowest BCUT2D eigenvalue weighted by molar-refractivity contribution is 0.432. The van der Waals surface area contributed by atoms with Gasteiger partial charge in [-0.2, -0.15) is 11.8 Å². The fourth-order valence-electron chi connectivity index (χ4n) is 3.28. The lowest BCUT2D eigenvalue weighted by Gasteiger charge is -2.15. The van der Waals surface area contributed by atoms with Gasteiger partial charge in [-0.25, -0.2) is 4.79 Å². The van der Waals surface area contributed by atoms with Gasteiger partial charge >= 0.3 is 5.63 Å². The number of aliphatic imine (C=N–C) groups is 1. The number of thioether (sulfide) groups is 1. The predicted molar refractivity (Wildman–Crippen MR) is 101 cm³/mol. The molecule has 0 saturated carbocycles. The monoisotopic (exact) mass is 354 g/mol. The van der Waals surface area contributed by atoms with Crippen LogP contribution < -0.4 is 5.63 Å². The second-order valence-corrected chi connectivity index (χ2v) is 7.40. The molecule has 2 aromatic heterocycles. The van der Waals surface area contributed by atoms with Crippen LogP contribution in [0.25, 0.3) is 10.9 Å². The Labute approximate surface area is 148 Å². The van der Waals surface area contributed by atoms with Crippen LogP contribution in [-0.4, -0.2) is 28.1 Å². The Morgan fingerprint density at radius 3 is 3.04 bits per heavy atom. The molecule has 0 fully saturated rings. The van der Waals surface area contributed by atoms with Crippen molar-refractivity contribution in [2.24, 2.45) is 4.99 Å². The first-order valence-corrected chi connectivity index (χ1v) is 9.23. The number of nitrogens with zero attached hydrogens (tertiary/aromatic N) is 1. The van der Waals surface area contributed by atoms with Crippen LogP contribution in [0.3, 0.4) is 0 Å². The minimum absolute atomic E-state index is 0.0583. The van der Waals surface area contributed by atoms with Crippen LogP contribution in [0.1, 0.15) is 28.6 Å².